The summed E-state index contributed by atoms with van der Waals surface area (Å²) in [6, 6.07) is 3.49. The van der Waals surface area contributed by atoms with Gasteiger partial charge in [-0.25, -0.2) is 0 Å². The van der Waals surface area contributed by atoms with Crippen molar-refractivity contribution in [1.82, 2.24) is 15.4 Å². The topological polar surface area (TPSA) is 58.4 Å². The smallest absolute Gasteiger partial charge is 0.304 e. The molecule has 1 atom stereocenters. The Bertz CT molecular complexity index is 823. The van der Waals surface area contributed by atoms with Crippen LogP contribution < -0.4 is 5.32 Å². The number of hydrogen-bond acceptors (Lipinski definition) is 5. The average molecular weight is 397 g/mol. The lowest BCUT2D eigenvalue weighted by Crippen LogP contribution is -2.48. The third-order valence-corrected chi connectivity index (χ3v) is 6.12. The molecule has 1 aliphatic rings. The summed E-state index contributed by atoms with van der Waals surface area (Å²) in [5.41, 5.74) is 0.740. The van der Waals surface area contributed by atoms with Gasteiger partial charge in [0, 0.05) is 32.1 Å². The van der Waals surface area contributed by atoms with E-state index in [1.54, 1.807) is 19.1 Å². The zero-order valence-corrected chi connectivity index (χ0v) is 16.9. The molecule has 0 aromatic carbocycles. The Balaban J connectivity index is 1.80. The van der Waals surface area contributed by atoms with E-state index in [0.29, 0.717) is 27.6 Å². The van der Waals surface area contributed by atoms with Crippen molar-refractivity contribution in [2.24, 2.45) is 5.41 Å². The fraction of sp³-hybridized carbons (Fsp3) is 0.579. The first-order valence-corrected chi connectivity index (χ1v) is 9.85. The number of carbonyl (C=O) groups is 1. The summed E-state index contributed by atoms with van der Waals surface area (Å²) in [7, 11) is 1.92. The quantitative estimate of drug-likeness (QED) is 0.818. The standard InChI is InChI=1S/C19H25F2N3O2S/c1-12-15(23-26-16(12)19(3,20)21)13-6-7-14(27-13)17(25)24-9-5-8-18(2,11-24)10-22-4/h6-7,22H,5,8-11H2,1-4H3. The second-order valence-electron chi connectivity index (χ2n) is 7.71. The summed E-state index contributed by atoms with van der Waals surface area (Å²) in [6.45, 7) is 6.84. The van der Waals surface area contributed by atoms with Crippen LogP contribution >= 0.6 is 11.3 Å². The number of aromatic nitrogens is 1. The highest BCUT2D eigenvalue weighted by atomic mass is 32.1. The molecule has 5 nitrogen and oxygen atoms in total. The van der Waals surface area contributed by atoms with Gasteiger partial charge < -0.3 is 14.7 Å². The number of amides is 1. The maximum absolute atomic E-state index is 13.6. The van der Waals surface area contributed by atoms with Crippen LogP contribution in [0.25, 0.3) is 10.6 Å². The predicted octanol–water partition coefficient (Wildman–Crippen LogP) is 4.28. The predicted molar refractivity (Wildman–Crippen MR) is 101 cm³/mol. The van der Waals surface area contributed by atoms with E-state index in [1.807, 2.05) is 11.9 Å². The van der Waals surface area contributed by atoms with Crippen LogP contribution in [0.1, 0.15) is 47.7 Å². The molecule has 0 aliphatic carbocycles. The summed E-state index contributed by atoms with van der Waals surface area (Å²) >= 11 is 1.27. The van der Waals surface area contributed by atoms with Gasteiger partial charge in [0.2, 0.25) is 5.76 Å². The second-order valence-corrected chi connectivity index (χ2v) is 8.79. The molecule has 1 amide bonds. The number of rotatable bonds is 5. The van der Waals surface area contributed by atoms with Crippen molar-refractivity contribution in [3.05, 3.63) is 28.3 Å². The summed E-state index contributed by atoms with van der Waals surface area (Å²) < 4.78 is 32.0. The molecule has 0 spiro atoms. The van der Waals surface area contributed by atoms with Crippen LogP contribution in [0.4, 0.5) is 8.78 Å². The molecule has 148 valence electrons. The van der Waals surface area contributed by atoms with Crippen molar-refractivity contribution in [2.75, 3.05) is 26.7 Å². The molecule has 8 heteroatoms. The molecule has 2 aromatic rings. The molecule has 3 heterocycles. The number of hydrogen-bond donors (Lipinski definition) is 1. The molecule has 0 saturated carbocycles. The molecule has 1 N–H and O–H groups in total. The van der Waals surface area contributed by atoms with Gasteiger partial charge in [0.05, 0.1) is 9.75 Å². The molecule has 1 aliphatic heterocycles. The van der Waals surface area contributed by atoms with Crippen LogP contribution in [-0.2, 0) is 5.92 Å². The van der Waals surface area contributed by atoms with Crippen molar-refractivity contribution in [1.29, 1.82) is 0 Å². The molecular weight excluding hydrogens is 372 g/mol. The van der Waals surface area contributed by atoms with Gasteiger partial charge in [-0.2, -0.15) is 8.78 Å². The second kappa shape index (κ2) is 7.31. The number of carbonyl (C=O) groups excluding carboxylic acids is 1. The van der Waals surface area contributed by atoms with E-state index in [9.17, 15) is 13.6 Å². The van der Waals surface area contributed by atoms with Gasteiger partial charge in [0.25, 0.3) is 5.91 Å². The minimum Gasteiger partial charge on any atom is -0.354 e. The molecule has 1 saturated heterocycles. The Morgan fingerprint density at radius 1 is 1.48 bits per heavy atom. The van der Waals surface area contributed by atoms with Crippen LogP contribution in [0, 0.1) is 12.3 Å². The highest BCUT2D eigenvalue weighted by Gasteiger charge is 2.35. The molecule has 0 radical (unpaired) electrons. The van der Waals surface area contributed by atoms with Crippen LogP contribution in [0.5, 0.6) is 0 Å². The fourth-order valence-electron chi connectivity index (χ4n) is 3.77. The normalized spacial score (nSPS) is 20.9. The number of nitrogens with one attached hydrogen (secondary N) is 1. The van der Waals surface area contributed by atoms with E-state index in [2.05, 4.69) is 17.4 Å². The molecule has 0 bridgehead atoms. The van der Waals surface area contributed by atoms with Gasteiger partial charge in [-0.3, -0.25) is 4.79 Å². The molecular formula is C19H25F2N3O2S. The van der Waals surface area contributed by atoms with Crippen molar-refractivity contribution in [3.63, 3.8) is 0 Å². The van der Waals surface area contributed by atoms with E-state index >= 15 is 0 Å². The average Bonchev–Trinajstić information content (AvgIpc) is 3.20. The van der Waals surface area contributed by atoms with Gasteiger partial charge in [-0.15, -0.1) is 11.3 Å². The number of halogens is 2. The lowest BCUT2D eigenvalue weighted by atomic mass is 9.82. The van der Waals surface area contributed by atoms with Crippen LogP contribution in [0.3, 0.4) is 0 Å². The highest BCUT2D eigenvalue weighted by Crippen LogP contribution is 2.38. The number of alkyl halides is 2. The van der Waals surface area contributed by atoms with Gasteiger partial charge >= 0.3 is 5.92 Å². The molecule has 2 aromatic heterocycles. The van der Waals surface area contributed by atoms with E-state index in [4.69, 9.17) is 4.52 Å². The monoisotopic (exact) mass is 397 g/mol. The first-order valence-electron chi connectivity index (χ1n) is 9.03. The third kappa shape index (κ3) is 4.06. The van der Waals surface area contributed by atoms with Crippen LogP contribution in [0.2, 0.25) is 0 Å². The van der Waals surface area contributed by atoms with Crippen molar-refractivity contribution in [3.8, 4) is 10.6 Å². The number of nitrogens with zero attached hydrogens (tertiary/aromatic N) is 2. The number of thiophene rings is 1. The maximum Gasteiger partial charge on any atom is 0.304 e. The summed E-state index contributed by atoms with van der Waals surface area (Å²) in [6.07, 6.45) is 2.05. The van der Waals surface area contributed by atoms with Gasteiger partial charge in [-0.05, 0) is 44.4 Å². The minimum atomic E-state index is -3.09. The summed E-state index contributed by atoms with van der Waals surface area (Å²) in [5, 5.41) is 7.02. The number of piperidine rings is 1. The number of likely N-dealkylation sites (tertiary alicyclic amines) is 1. The first-order chi connectivity index (χ1) is 12.6. The Hall–Kier alpha value is -1.80. The van der Waals surface area contributed by atoms with E-state index in [-0.39, 0.29) is 11.3 Å². The Morgan fingerprint density at radius 2 is 2.22 bits per heavy atom. The molecule has 3 rings (SSSR count). The van der Waals surface area contributed by atoms with Gasteiger partial charge in [0.15, 0.2) is 0 Å². The lowest BCUT2D eigenvalue weighted by molar-refractivity contribution is -0.0112. The first kappa shape index (κ1) is 19.9. The zero-order valence-electron chi connectivity index (χ0n) is 16.1. The van der Waals surface area contributed by atoms with E-state index in [0.717, 1.165) is 32.9 Å². The maximum atomic E-state index is 13.6. The minimum absolute atomic E-state index is 0.0181. The zero-order chi connectivity index (χ0) is 19.8. The summed E-state index contributed by atoms with van der Waals surface area (Å²) in [5.74, 6) is -3.54. The lowest BCUT2D eigenvalue weighted by Gasteiger charge is -2.40. The Labute approximate surface area is 161 Å². The summed E-state index contributed by atoms with van der Waals surface area (Å²) in [4.78, 5) is 16.1. The largest absolute Gasteiger partial charge is 0.354 e. The van der Waals surface area contributed by atoms with Gasteiger partial charge in [-0.1, -0.05) is 12.1 Å². The highest BCUT2D eigenvalue weighted by molar-refractivity contribution is 7.17. The van der Waals surface area contributed by atoms with Gasteiger partial charge in [0.1, 0.15) is 5.69 Å². The molecule has 27 heavy (non-hydrogen) atoms. The van der Waals surface area contributed by atoms with Crippen molar-refractivity contribution < 1.29 is 18.1 Å². The van der Waals surface area contributed by atoms with E-state index in [1.165, 1.54) is 11.3 Å². The van der Waals surface area contributed by atoms with Crippen molar-refractivity contribution in [2.45, 2.75) is 39.5 Å². The van der Waals surface area contributed by atoms with E-state index < -0.39 is 11.7 Å². The third-order valence-electron chi connectivity index (χ3n) is 5.04. The van der Waals surface area contributed by atoms with Crippen LogP contribution in [0.15, 0.2) is 16.7 Å². The molecule has 1 unspecified atom stereocenters. The van der Waals surface area contributed by atoms with Crippen LogP contribution in [-0.4, -0.2) is 42.6 Å². The fourth-order valence-corrected chi connectivity index (χ4v) is 4.78. The SMILES string of the molecule is CNCC1(C)CCCN(C(=O)c2ccc(-c3noc(C(C)(F)F)c3C)s2)C1. The Kier molecular flexibility index (Phi) is 5.40. The van der Waals surface area contributed by atoms with Crippen molar-refractivity contribution >= 4 is 17.2 Å². The Morgan fingerprint density at radius 3 is 2.85 bits per heavy atom. The molecule has 1 fully saturated rings.